The van der Waals surface area contributed by atoms with Crippen molar-refractivity contribution in [2.24, 2.45) is 0 Å². The molecule has 1 aliphatic heterocycles. The minimum atomic E-state index is -0.386. The van der Waals surface area contributed by atoms with Gasteiger partial charge in [0.1, 0.15) is 0 Å². The topological polar surface area (TPSA) is 24.9 Å². The molecule has 2 heterocycles. The third kappa shape index (κ3) is 1.67. The van der Waals surface area contributed by atoms with Gasteiger partial charge in [-0.25, -0.2) is 4.39 Å². The molecule has 0 bridgehead atoms. The van der Waals surface area contributed by atoms with E-state index in [1.54, 1.807) is 6.20 Å². The van der Waals surface area contributed by atoms with Crippen LogP contribution in [0.2, 0.25) is 5.02 Å². The number of halogens is 2. The Morgan fingerprint density at radius 1 is 1.62 bits per heavy atom. The first-order valence-electron chi connectivity index (χ1n) is 4.32. The summed E-state index contributed by atoms with van der Waals surface area (Å²) in [5, 5.41) is 3.33. The molecule has 0 aliphatic carbocycles. The molecule has 0 amide bonds. The SMILES string of the molecule is Fc1c(Cl)ccnc1C1CCCN1. The predicted molar refractivity (Wildman–Crippen MR) is 49.2 cm³/mol. The first kappa shape index (κ1) is 8.91. The van der Waals surface area contributed by atoms with Crippen molar-refractivity contribution in [3.63, 3.8) is 0 Å². The highest BCUT2D eigenvalue weighted by atomic mass is 35.5. The van der Waals surface area contributed by atoms with Gasteiger partial charge in [0.2, 0.25) is 0 Å². The quantitative estimate of drug-likeness (QED) is 0.753. The van der Waals surface area contributed by atoms with Crippen molar-refractivity contribution < 1.29 is 4.39 Å². The van der Waals surface area contributed by atoms with E-state index in [9.17, 15) is 4.39 Å². The molecule has 1 unspecified atom stereocenters. The van der Waals surface area contributed by atoms with Crippen LogP contribution in [0.5, 0.6) is 0 Å². The van der Waals surface area contributed by atoms with Crippen molar-refractivity contribution in [2.45, 2.75) is 18.9 Å². The zero-order valence-corrected chi connectivity index (χ0v) is 7.81. The van der Waals surface area contributed by atoms with Crippen LogP contribution < -0.4 is 5.32 Å². The third-order valence-corrected chi connectivity index (χ3v) is 2.55. The molecule has 1 atom stereocenters. The fourth-order valence-corrected chi connectivity index (χ4v) is 1.75. The Kier molecular flexibility index (Phi) is 2.47. The molecular formula is C9H10ClFN2. The van der Waals surface area contributed by atoms with Gasteiger partial charge in [0, 0.05) is 6.20 Å². The molecule has 0 aromatic carbocycles. The summed E-state index contributed by atoms with van der Waals surface area (Å²) in [6.45, 7) is 0.929. The van der Waals surface area contributed by atoms with Gasteiger partial charge in [0.25, 0.3) is 0 Å². The Morgan fingerprint density at radius 2 is 2.46 bits per heavy atom. The average molecular weight is 201 g/mol. The van der Waals surface area contributed by atoms with E-state index >= 15 is 0 Å². The largest absolute Gasteiger partial charge is 0.309 e. The highest BCUT2D eigenvalue weighted by Gasteiger charge is 2.21. The molecule has 1 aromatic heterocycles. The van der Waals surface area contributed by atoms with E-state index in [0.29, 0.717) is 5.69 Å². The number of hydrogen-bond donors (Lipinski definition) is 1. The van der Waals surface area contributed by atoms with Gasteiger partial charge in [-0.2, -0.15) is 0 Å². The van der Waals surface area contributed by atoms with Crippen molar-refractivity contribution in [3.8, 4) is 0 Å². The zero-order chi connectivity index (χ0) is 9.26. The van der Waals surface area contributed by atoms with Crippen LogP contribution in [0.15, 0.2) is 12.3 Å². The summed E-state index contributed by atoms with van der Waals surface area (Å²) in [5.74, 6) is -0.386. The number of nitrogens with zero attached hydrogens (tertiary/aromatic N) is 1. The molecule has 0 radical (unpaired) electrons. The molecule has 1 aromatic rings. The Balaban J connectivity index is 2.33. The van der Waals surface area contributed by atoms with Crippen LogP contribution in [-0.2, 0) is 0 Å². The molecule has 4 heteroatoms. The fraction of sp³-hybridized carbons (Fsp3) is 0.444. The first-order valence-corrected chi connectivity index (χ1v) is 4.70. The van der Waals surface area contributed by atoms with Gasteiger partial charge in [-0.3, -0.25) is 4.98 Å². The lowest BCUT2D eigenvalue weighted by Gasteiger charge is -2.10. The average Bonchev–Trinajstić information content (AvgIpc) is 2.62. The van der Waals surface area contributed by atoms with Gasteiger partial charge < -0.3 is 5.32 Å². The van der Waals surface area contributed by atoms with E-state index in [1.165, 1.54) is 6.07 Å². The molecule has 70 valence electrons. The summed E-state index contributed by atoms with van der Waals surface area (Å²) in [5.41, 5.74) is 0.449. The lowest BCUT2D eigenvalue weighted by atomic mass is 10.1. The molecule has 1 aliphatic rings. The fourth-order valence-electron chi connectivity index (χ4n) is 1.60. The van der Waals surface area contributed by atoms with Crippen LogP contribution in [0.1, 0.15) is 24.6 Å². The van der Waals surface area contributed by atoms with Crippen molar-refractivity contribution in [1.82, 2.24) is 10.3 Å². The van der Waals surface area contributed by atoms with E-state index in [0.717, 1.165) is 19.4 Å². The van der Waals surface area contributed by atoms with Gasteiger partial charge >= 0.3 is 0 Å². The maximum atomic E-state index is 13.4. The Bertz CT molecular complexity index is 310. The van der Waals surface area contributed by atoms with E-state index in [4.69, 9.17) is 11.6 Å². The first-order chi connectivity index (χ1) is 6.29. The molecule has 1 fully saturated rings. The van der Waals surface area contributed by atoms with Gasteiger partial charge in [-0.1, -0.05) is 11.6 Å². The minimum absolute atomic E-state index is 0.0405. The standard InChI is InChI=1S/C9H10ClFN2/c10-6-3-5-13-9(8(6)11)7-2-1-4-12-7/h3,5,7,12H,1-2,4H2. The van der Waals surface area contributed by atoms with Gasteiger partial charge in [-0.15, -0.1) is 0 Å². The van der Waals surface area contributed by atoms with Crippen molar-refractivity contribution in [1.29, 1.82) is 0 Å². The maximum absolute atomic E-state index is 13.4. The summed E-state index contributed by atoms with van der Waals surface area (Å²) in [7, 11) is 0. The number of rotatable bonds is 1. The zero-order valence-electron chi connectivity index (χ0n) is 7.06. The van der Waals surface area contributed by atoms with Crippen molar-refractivity contribution in [3.05, 3.63) is 28.8 Å². The summed E-state index contributed by atoms with van der Waals surface area (Å²) in [4.78, 5) is 4.00. The Hall–Kier alpha value is -0.670. The summed E-state index contributed by atoms with van der Waals surface area (Å²) in [6.07, 6.45) is 3.54. The van der Waals surface area contributed by atoms with Crippen LogP contribution in [0.25, 0.3) is 0 Å². The number of hydrogen-bond acceptors (Lipinski definition) is 2. The number of nitrogens with one attached hydrogen (secondary N) is 1. The smallest absolute Gasteiger partial charge is 0.164 e. The van der Waals surface area contributed by atoms with E-state index in [2.05, 4.69) is 10.3 Å². The predicted octanol–water partition coefficient (Wildman–Crippen LogP) is 2.30. The lowest BCUT2D eigenvalue weighted by Crippen LogP contribution is -2.15. The second-order valence-corrected chi connectivity index (χ2v) is 3.55. The molecule has 1 saturated heterocycles. The van der Waals surface area contributed by atoms with Crippen LogP contribution in [0.4, 0.5) is 4.39 Å². The van der Waals surface area contributed by atoms with Gasteiger partial charge in [-0.05, 0) is 25.5 Å². The molecule has 13 heavy (non-hydrogen) atoms. The highest BCUT2D eigenvalue weighted by molar-refractivity contribution is 6.30. The second kappa shape index (κ2) is 3.60. The number of aromatic nitrogens is 1. The molecule has 0 saturated carbocycles. The van der Waals surface area contributed by atoms with E-state index in [-0.39, 0.29) is 16.9 Å². The van der Waals surface area contributed by atoms with Crippen LogP contribution in [-0.4, -0.2) is 11.5 Å². The van der Waals surface area contributed by atoms with Crippen molar-refractivity contribution in [2.75, 3.05) is 6.54 Å². The maximum Gasteiger partial charge on any atom is 0.164 e. The van der Waals surface area contributed by atoms with E-state index < -0.39 is 0 Å². The molecule has 2 nitrogen and oxygen atoms in total. The lowest BCUT2D eigenvalue weighted by molar-refractivity contribution is 0.541. The normalized spacial score (nSPS) is 22.2. The number of pyridine rings is 1. The molecule has 2 rings (SSSR count). The van der Waals surface area contributed by atoms with Crippen LogP contribution >= 0.6 is 11.6 Å². The van der Waals surface area contributed by atoms with Crippen LogP contribution in [0, 0.1) is 5.82 Å². The molecule has 0 spiro atoms. The monoisotopic (exact) mass is 200 g/mol. The summed E-state index contributed by atoms with van der Waals surface area (Å²) < 4.78 is 13.4. The Morgan fingerprint density at radius 3 is 3.15 bits per heavy atom. The van der Waals surface area contributed by atoms with E-state index in [1.807, 2.05) is 0 Å². The third-order valence-electron chi connectivity index (χ3n) is 2.26. The highest BCUT2D eigenvalue weighted by Crippen LogP contribution is 2.26. The second-order valence-electron chi connectivity index (χ2n) is 3.14. The van der Waals surface area contributed by atoms with Gasteiger partial charge in [0.15, 0.2) is 5.82 Å². The molecule has 1 N–H and O–H groups in total. The Labute approximate surface area is 81.1 Å². The van der Waals surface area contributed by atoms with Gasteiger partial charge in [0.05, 0.1) is 16.8 Å². The summed E-state index contributed by atoms with van der Waals surface area (Å²) >= 11 is 5.65. The van der Waals surface area contributed by atoms with Crippen molar-refractivity contribution >= 4 is 11.6 Å². The molecular weight excluding hydrogens is 191 g/mol. The minimum Gasteiger partial charge on any atom is -0.309 e. The summed E-state index contributed by atoms with van der Waals surface area (Å²) in [6, 6.07) is 1.51. The van der Waals surface area contributed by atoms with Crippen LogP contribution in [0.3, 0.4) is 0 Å².